The molecule has 2 N–H and O–H groups in total. The van der Waals surface area contributed by atoms with E-state index in [1.807, 2.05) is 19.9 Å². The van der Waals surface area contributed by atoms with E-state index in [0.29, 0.717) is 0 Å². The minimum absolute atomic E-state index is 0.0820. The molecule has 0 fully saturated rings. The fraction of sp³-hybridized carbons (Fsp3) is 0.600. The lowest BCUT2D eigenvalue weighted by Crippen LogP contribution is -2.17. The minimum atomic E-state index is -0.254. The average Bonchev–Trinajstić information content (AvgIpc) is 2.13. The highest BCUT2D eigenvalue weighted by molar-refractivity contribution is 5.04. The first-order valence-corrected chi connectivity index (χ1v) is 4.09. The van der Waals surface area contributed by atoms with E-state index < -0.39 is 0 Å². The maximum atomic E-state index is 9.01. The van der Waals surface area contributed by atoms with Crippen LogP contribution < -0.4 is 0 Å². The molecule has 0 aliphatic rings. The molecule has 0 rings (SSSR count). The summed E-state index contributed by atoms with van der Waals surface area (Å²) >= 11 is 0. The Morgan fingerprint density at radius 1 is 1.50 bits per heavy atom. The van der Waals surface area contributed by atoms with E-state index in [1.165, 1.54) is 0 Å². The van der Waals surface area contributed by atoms with Crippen LogP contribution in [0.25, 0.3) is 0 Å². The maximum Gasteiger partial charge on any atom is 0.0639 e. The van der Waals surface area contributed by atoms with Gasteiger partial charge in [0.25, 0.3) is 0 Å². The third-order valence-electron chi connectivity index (χ3n) is 2.02. The van der Waals surface area contributed by atoms with Gasteiger partial charge in [0.05, 0.1) is 13.2 Å². The monoisotopic (exact) mass is 170 g/mol. The third kappa shape index (κ3) is 3.69. The van der Waals surface area contributed by atoms with Crippen molar-refractivity contribution in [3.63, 3.8) is 0 Å². The van der Waals surface area contributed by atoms with Crippen molar-refractivity contribution in [2.24, 2.45) is 5.41 Å². The van der Waals surface area contributed by atoms with Crippen LogP contribution in [0, 0.1) is 5.41 Å². The van der Waals surface area contributed by atoms with Crippen LogP contribution in [0.2, 0.25) is 0 Å². The maximum absolute atomic E-state index is 9.01. The lowest BCUT2D eigenvalue weighted by molar-refractivity contribution is 0.186. The van der Waals surface area contributed by atoms with Crippen molar-refractivity contribution < 1.29 is 10.2 Å². The van der Waals surface area contributed by atoms with E-state index in [4.69, 9.17) is 10.2 Å². The molecule has 70 valence electrons. The lowest BCUT2D eigenvalue weighted by Gasteiger charge is -2.20. The fourth-order valence-electron chi connectivity index (χ4n) is 0.684. The predicted molar refractivity (Wildman–Crippen MR) is 50.8 cm³/mol. The van der Waals surface area contributed by atoms with E-state index in [0.717, 1.165) is 12.0 Å². The van der Waals surface area contributed by atoms with E-state index in [9.17, 15) is 0 Å². The molecular weight excluding hydrogens is 152 g/mol. The summed E-state index contributed by atoms with van der Waals surface area (Å²) in [4.78, 5) is 0. The molecule has 0 radical (unpaired) electrons. The van der Waals surface area contributed by atoms with Gasteiger partial charge in [-0.05, 0) is 13.3 Å². The summed E-state index contributed by atoms with van der Waals surface area (Å²) in [7, 11) is 0. The van der Waals surface area contributed by atoms with Gasteiger partial charge < -0.3 is 10.2 Å². The van der Waals surface area contributed by atoms with E-state index in [1.54, 1.807) is 6.08 Å². The van der Waals surface area contributed by atoms with Crippen molar-refractivity contribution in [1.29, 1.82) is 0 Å². The van der Waals surface area contributed by atoms with Gasteiger partial charge in [-0.15, -0.1) is 6.58 Å². The number of rotatable bonds is 5. The highest BCUT2D eigenvalue weighted by atomic mass is 16.3. The molecule has 2 nitrogen and oxygen atoms in total. The third-order valence-corrected chi connectivity index (χ3v) is 2.02. The Hall–Kier alpha value is -0.600. The molecule has 0 bridgehead atoms. The SMILES string of the molecule is C=CC(C)(CO)CC=C(C)CO. The summed E-state index contributed by atoms with van der Waals surface area (Å²) in [5.41, 5.74) is 0.674. The first-order chi connectivity index (χ1) is 5.58. The van der Waals surface area contributed by atoms with Gasteiger partial charge in [0.1, 0.15) is 0 Å². The van der Waals surface area contributed by atoms with Crippen LogP contribution in [0.4, 0.5) is 0 Å². The summed E-state index contributed by atoms with van der Waals surface area (Å²) in [6.07, 6.45) is 4.39. The zero-order valence-corrected chi connectivity index (χ0v) is 7.88. The van der Waals surface area contributed by atoms with Gasteiger partial charge in [-0.25, -0.2) is 0 Å². The van der Waals surface area contributed by atoms with Gasteiger partial charge in [-0.3, -0.25) is 0 Å². The smallest absolute Gasteiger partial charge is 0.0639 e. The Kier molecular flexibility index (Phi) is 4.86. The molecule has 0 aromatic rings. The van der Waals surface area contributed by atoms with Gasteiger partial charge in [0.2, 0.25) is 0 Å². The van der Waals surface area contributed by atoms with Gasteiger partial charge >= 0.3 is 0 Å². The minimum Gasteiger partial charge on any atom is -0.395 e. The van der Waals surface area contributed by atoms with Crippen molar-refractivity contribution in [2.75, 3.05) is 13.2 Å². The highest BCUT2D eigenvalue weighted by Gasteiger charge is 2.16. The Morgan fingerprint density at radius 2 is 2.08 bits per heavy atom. The van der Waals surface area contributed by atoms with E-state index >= 15 is 0 Å². The largest absolute Gasteiger partial charge is 0.395 e. The van der Waals surface area contributed by atoms with Crippen LogP contribution in [0.15, 0.2) is 24.3 Å². The summed E-state index contributed by atoms with van der Waals surface area (Å²) in [6, 6.07) is 0. The standard InChI is InChI=1S/C10H18O2/c1-4-10(3,8-12)6-5-9(2)7-11/h4-5,11-12H,1,6-8H2,2-3H3. The number of aliphatic hydroxyl groups is 2. The van der Waals surface area contributed by atoms with Gasteiger partial charge in [-0.1, -0.05) is 24.6 Å². The van der Waals surface area contributed by atoms with E-state index in [2.05, 4.69) is 6.58 Å². The van der Waals surface area contributed by atoms with Crippen molar-refractivity contribution in [3.8, 4) is 0 Å². The summed E-state index contributed by atoms with van der Waals surface area (Å²) < 4.78 is 0. The molecule has 1 atom stereocenters. The van der Waals surface area contributed by atoms with Crippen LogP contribution in [0.1, 0.15) is 20.3 Å². The molecule has 0 aliphatic heterocycles. The first-order valence-electron chi connectivity index (χ1n) is 4.09. The summed E-state index contributed by atoms with van der Waals surface area (Å²) in [6.45, 7) is 7.62. The van der Waals surface area contributed by atoms with Crippen molar-refractivity contribution >= 4 is 0 Å². The zero-order chi connectivity index (χ0) is 9.61. The summed E-state index contributed by atoms with van der Waals surface area (Å²) in [5.74, 6) is 0. The molecule has 0 saturated carbocycles. The zero-order valence-electron chi connectivity index (χ0n) is 7.88. The molecule has 2 heteroatoms. The molecule has 0 aromatic carbocycles. The van der Waals surface area contributed by atoms with Crippen molar-refractivity contribution in [2.45, 2.75) is 20.3 Å². The molecule has 12 heavy (non-hydrogen) atoms. The Labute approximate surface area is 74.2 Å². The summed E-state index contributed by atoms with van der Waals surface area (Å²) in [5, 5.41) is 17.7. The first kappa shape index (κ1) is 11.4. The van der Waals surface area contributed by atoms with Gasteiger partial charge in [0, 0.05) is 5.41 Å². The van der Waals surface area contributed by atoms with Gasteiger partial charge in [-0.2, -0.15) is 0 Å². The quantitative estimate of drug-likeness (QED) is 0.614. The highest BCUT2D eigenvalue weighted by Crippen LogP contribution is 2.22. The average molecular weight is 170 g/mol. The van der Waals surface area contributed by atoms with Crippen LogP contribution in [-0.2, 0) is 0 Å². The number of allylic oxidation sites excluding steroid dienone is 1. The molecule has 0 amide bonds. The number of aliphatic hydroxyl groups excluding tert-OH is 2. The van der Waals surface area contributed by atoms with Crippen LogP contribution in [-0.4, -0.2) is 23.4 Å². The molecular formula is C10H18O2. The predicted octanol–water partition coefficient (Wildman–Crippen LogP) is 1.50. The van der Waals surface area contributed by atoms with E-state index in [-0.39, 0.29) is 18.6 Å². The fourth-order valence-corrected chi connectivity index (χ4v) is 0.684. The second kappa shape index (κ2) is 5.12. The lowest BCUT2D eigenvalue weighted by atomic mass is 9.87. The molecule has 1 unspecified atom stereocenters. The normalized spacial score (nSPS) is 17.2. The number of hydrogen-bond acceptors (Lipinski definition) is 2. The van der Waals surface area contributed by atoms with Crippen LogP contribution in [0.5, 0.6) is 0 Å². The molecule has 0 heterocycles. The molecule has 0 saturated heterocycles. The molecule has 0 aromatic heterocycles. The topological polar surface area (TPSA) is 40.5 Å². The second-order valence-electron chi connectivity index (χ2n) is 3.43. The molecule has 0 aliphatic carbocycles. The Bertz CT molecular complexity index is 173. The second-order valence-corrected chi connectivity index (χ2v) is 3.43. The Balaban J connectivity index is 4.13. The Morgan fingerprint density at radius 3 is 2.42 bits per heavy atom. The van der Waals surface area contributed by atoms with Crippen molar-refractivity contribution in [3.05, 3.63) is 24.3 Å². The van der Waals surface area contributed by atoms with Gasteiger partial charge in [0.15, 0.2) is 0 Å². The van der Waals surface area contributed by atoms with Crippen LogP contribution >= 0.6 is 0 Å². The number of hydrogen-bond donors (Lipinski definition) is 2. The van der Waals surface area contributed by atoms with Crippen molar-refractivity contribution in [1.82, 2.24) is 0 Å². The van der Waals surface area contributed by atoms with Crippen LogP contribution in [0.3, 0.4) is 0 Å². The molecule has 0 spiro atoms.